The number of aryl methyl sites for hydroxylation is 1. The second-order valence-corrected chi connectivity index (χ2v) is 3.69. The van der Waals surface area contributed by atoms with Crippen LogP contribution in [0.5, 0.6) is 0 Å². The number of benzene rings is 1. The lowest BCUT2D eigenvalue weighted by Crippen LogP contribution is -1.88. The predicted molar refractivity (Wildman–Crippen MR) is 63.3 cm³/mol. The largest absolute Gasteiger partial charge is 0.388 e. The number of nitrogens with zero attached hydrogens (tertiary/aromatic N) is 1. The third-order valence-corrected chi connectivity index (χ3v) is 2.48. The van der Waals surface area contributed by atoms with E-state index >= 15 is 0 Å². The van der Waals surface area contributed by atoms with Crippen molar-refractivity contribution >= 4 is 17.3 Å². The molecule has 2 N–H and O–H groups in total. The van der Waals surface area contributed by atoms with E-state index in [0.29, 0.717) is 5.15 Å². The summed E-state index contributed by atoms with van der Waals surface area (Å²) in [5, 5.41) is 3.67. The molecule has 0 saturated heterocycles. The minimum Gasteiger partial charge on any atom is -0.388 e. The standard InChI is InChI=1S/C11H12ClN3/c1-7-14-10(11(12)15-7)8-4-3-5-9(6-8)13-2/h3-6,13H,1-2H3,(H,14,15). The van der Waals surface area contributed by atoms with Crippen LogP contribution in [0.1, 0.15) is 5.82 Å². The van der Waals surface area contributed by atoms with Crippen LogP contribution in [0.2, 0.25) is 5.15 Å². The van der Waals surface area contributed by atoms with Crippen LogP contribution in [0, 0.1) is 6.92 Å². The number of hydrogen-bond donors (Lipinski definition) is 2. The molecule has 0 aliphatic heterocycles. The summed E-state index contributed by atoms with van der Waals surface area (Å²) >= 11 is 6.04. The van der Waals surface area contributed by atoms with Gasteiger partial charge in [0, 0.05) is 18.3 Å². The number of aromatic nitrogens is 2. The Morgan fingerprint density at radius 2 is 2.20 bits per heavy atom. The molecule has 0 atom stereocenters. The first-order valence-electron chi connectivity index (χ1n) is 4.71. The monoisotopic (exact) mass is 221 g/mol. The minimum absolute atomic E-state index is 0.584. The van der Waals surface area contributed by atoms with Gasteiger partial charge in [-0.15, -0.1) is 0 Å². The summed E-state index contributed by atoms with van der Waals surface area (Å²) in [6.45, 7) is 1.89. The zero-order valence-electron chi connectivity index (χ0n) is 8.63. The third kappa shape index (κ3) is 1.97. The number of halogens is 1. The number of H-pyrrole nitrogens is 1. The third-order valence-electron chi connectivity index (χ3n) is 2.20. The molecule has 0 amide bonds. The highest BCUT2D eigenvalue weighted by atomic mass is 35.5. The molecule has 1 aromatic heterocycles. The predicted octanol–water partition coefficient (Wildman–Crippen LogP) is 3.08. The van der Waals surface area contributed by atoms with Gasteiger partial charge in [-0.3, -0.25) is 0 Å². The molecule has 0 saturated carbocycles. The number of anilines is 1. The summed E-state index contributed by atoms with van der Waals surface area (Å²) in [5.74, 6) is 0.824. The maximum absolute atomic E-state index is 6.04. The summed E-state index contributed by atoms with van der Waals surface area (Å²) in [5.41, 5.74) is 2.85. The van der Waals surface area contributed by atoms with E-state index in [1.54, 1.807) is 0 Å². The Morgan fingerprint density at radius 3 is 2.80 bits per heavy atom. The van der Waals surface area contributed by atoms with Crippen molar-refractivity contribution in [1.82, 2.24) is 9.97 Å². The molecule has 0 spiro atoms. The van der Waals surface area contributed by atoms with Gasteiger partial charge in [-0.1, -0.05) is 23.7 Å². The van der Waals surface area contributed by atoms with Gasteiger partial charge in [0.1, 0.15) is 16.7 Å². The normalized spacial score (nSPS) is 10.3. The summed E-state index contributed by atoms with van der Waals surface area (Å²) in [6, 6.07) is 7.97. The van der Waals surface area contributed by atoms with Gasteiger partial charge < -0.3 is 10.3 Å². The van der Waals surface area contributed by atoms with Crippen molar-refractivity contribution < 1.29 is 0 Å². The maximum atomic E-state index is 6.04. The van der Waals surface area contributed by atoms with Crippen LogP contribution in [0.3, 0.4) is 0 Å². The van der Waals surface area contributed by atoms with Crippen LogP contribution in [-0.2, 0) is 0 Å². The van der Waals surface area contributed by atoms with E-state index in [1.165, 1.54) is 0 Å². The van der Waals surface area contributed by atoms with Crippen molar-refractivity contribution in [1.29, 1.82) is 0 Å². The van der Waals surface area contributed by atoms with Gasteiger partial charge in [0.25, 0.3) is 0 Å². The zero-order chi connectivity index (χ0) is 10.8. The lowest BCUT2D eigenvalue weighted by atomic mass is 10.1. The fourth-order valence-corrected chi connectivity index (χ4v) is 1.76. The Hall–Kier alpha value is -1.48. The first-order valence-corrected chi connectivity index (χ1v) is 5.09. The van der Waals surface area contributed by atoms with E-state index in [4.69, 9.17) is 11.6 Å². The number of hydrogen-bond acceptors (Lipinski definition) is 2. The van der Waals surface area contributed by atoms with Gasteiger partial charge in [0.05, 0.1) is 0 Å². The van der Waals surface area contributed by atoms with Gasteiger partial charge in [0.2, 0.25) is 0 Å². The van der Waals surface area contributed by atoms with Crippen LogP contribution in [0.15, 0.2) is 24.3 Å². The fourth-order valence-electron chi connectivity index (χ4n) is 1.48. The summed E-state index contributed by atoms with van der Waals surface area (Å²) in [6.07, 6.45) is 0. The minimum atomic E-state index is 0.584. The Labute approximate surface area is 93.5 Å². The Balaban J connectivity index is 2.49. The first kappa shape index (κ1) is 10.1. The second kappa shape index (κ2) is 3.95. The van der Waals surface area contributed by atoms with E-state index < -0.39 is 0 Å². The number of imidazole rings is 1. The number of nitrogens with one attached hydrogen (secondary N) is 2. The molecule has 0 radical (unpaired) electrons. The van der Waals surface area contributed by atoms with Crippen molar-refractivity contribution in [2.24, 2.45) is 0 Å². The van der Waals surface area contributed by atoms with Crippen LogP contribution < -0.4 is 5.32 Å². The van der Waals surface area contributed by atoms with Crippen LogP contribution >= 0.6 is 11.6 Å². The lowest BCUT2D eigenvalue weighted by Gasteiger charge is -2.02. The van der Waals surface area contributed by atoms with E-state index in [0.717, 1.165) is 22.8 Å². The van der Waals surface area contributed by atoms with E-state index in [9.17, 15) is 0 Å². The lowest BCUT2D eigenvalue weighted by molar-refractivity contribution is 1.15. The van der Waals surface area contributed by atoms with Gasteiger partial charge in [-0.2, -0.15) is 0 Å². The molecule has 2 rings (SSSR count). The average molecular weight is 222 g/mol. The first-order chi connectivity index (χ1) is 7.20. The molecule has 0 unspecified atom stereocenters. The van der Waals surface area contributed by atoms with Crippen molar-refractivity contribution in [3.05, 3.63) is 35.2 Å². The van der Waals surface area contributed by atoms with Gasteiger partial charge >= 0.3 is 0 Å². The highest BCUT2D eigenvalue weighted by Gasteiger charge is 2.08. The average Bonchev–Trinajstić information content (AvgIpc) is 2.58. The quantitative estimate of drug-likeness (QED) is 0.818. The maximum Gasteiger partial charge on any atom is 0.134 e. The highest BCUT2D eigenvalue weighted by molar-refractivity contribution is 6.31. The molecule has 15 heavy (non-hydrogen) atoms. The fraction of sp³-hybridized carbons (Fsp3) is 0.182. The molecule has 0 fully saturated rings. The molecule has 0 aliphatic rings. The van der Waals surface area contributed by atoms with Crippen LogP contribution in [0.4, 0.5) is 5.69 Å². The Bertz CT molecular complexity index is 476. The molecule has 3 nitrogen and oxygen atoms in total. The smallest absolute Gasteiger partial charge is 0.134 e. The highest BCUT2D eigenvalue weighted by Crippen LogP contribution is 2.27. The van der Waals surface area contributed by atoms with Crippen molar-refractivity contribution in [2.45, 2.75) is 6.92 Å². The summed E-state index contributed by atoms with van der Waals surface area (Å²) < 4.78 is 0. The van der Waals surface area contributed by atoms with Gasteiger partial charge in [0.15, 0.2) is 0 Å². The number of rotatable bonds is 2. The van der Waals surface area contributed by atoms with Crippen LogP contribution in [-0.4, -0.2) is 17.0 Å². The van der Waals surface area contributed by atoms with Crippen molar-refractivity contribution in [3.63, 3.8) is 0 Å². The molecule has 0 bridgehead atoms. The molecule has 0 aliphatic carbocycles. The van der Waals surface area contributed by atoms with Gasteiger partial charge in [-0.25, -0.2) is 4.98 Å². The molecule has 1 heterocycles. The van der Waals surface area contributed by atoms with Crippen LogP contribution in [0.25, 0.3) is 11.3 Å². The molecule has 78 valence electrons. The number of aromatic amines is 1. The van der Waals surface area contributed by atoms with E-state index in [2.05, 4.69) is 15.3 Å². The molecular weight excluding hydrogens is 210 g/mol. The molecule has 2 aromatic rings. The van der Waals surface area contributed by atoms with E-state index in [-0.39, 0.29) is 0 Å². The van der Waals surface area contributed by atoms with Gasteiger partial charge in [-0.05, 0) is 19.1 Å². The SMILES string of the molecule is CNc1cccc(-c2nc(C)[nH]c2Cl)c1. The van der Waals surface area contributed by atoms with Crippen molar-refractivity contribution in [3.8, 4) is 11.3 Å². The topological polar surface area (TPSA) is 40.7 Å². The molecule has 1 aromatic carbocycles. The van der Waals surface area contributed by atoms with E-state index in [1.807, 2.05) is 38.2 Å². The summed E-state index contributed by atoms with van der Waals surface area (Å²) in [4.78, 5) is 7.32. The van der Waals surface area contributed by atoms with Crippen molar-refractivity contribution in [2.75, 3.05) is 12.4 Å². The Kier molecular flexibility index (Phi) is 2.64. The zero-order valence-corrected chi connectivity index (χ0v) is 9.39. The molecular formula is C11H12ClN3. The Morgan fingerprint density at radius 1 is 1.40 bits per heavy atom. The second-order valence-electron chi connectivity index (χ2n) is 3.32. The molecule has 4 heteroatoms. The summed E-state index contributed by atoms with van der Waals surface area (Å²) in [7, 11) is 1.89.